The molecule has 0 N–H and O–H groups in total. The summed E-state index contributed by atoms with van der Waals surface area (Å²) < 4.78 is 2.01. The summed E-state index contributed by atoms with van der Waals surface area (Å²) in [6.45, 7) is 0.268. The zero-order valence-electron chi connectivity index (χ0n) is 14.6. The van der Waals surface area contributed by atoms with Crippen molar-refractivity contribution in [2.75, 3.05) is 0 Å². The summed E-state index contributed by atoms with van der Waals surface area (Å²) in [6.07, 6.45) is 3.68. The molecule has 0 saturated heterocycles. The van der Waals surface area contributed by atoms with Crippen molar-refractivity contribution in [1.82, 2.24) is 9.38 Å². The number of thioether (sulfide) groups is 1. The summed E-state index contributed by atoms with van der Waals surface area (Å²) in [5.41, 5.74) is 2.98. The van der Waals surface area contributed by atoms with Crippen LogP contribution in [0.5, 0.6) is 0 Å². The molecule has 0 radical (unpaired) electrons. The van der Waals surface area contributed by atoms with E-state index in [1.165, 1.54) is 5.56 Å². The second-order valence-electron chi connectivity index (χ2n) is 5.88. The Morgan fingerprint density at radius 3 is 2.86 bits per heavy atom. The quantitative estimate of drug-likeness (QED) is 0.183. The van der Waals surface area contributed by atoms with Crippen LogP contribution in [0.3, 0.4) is 0 Å². The number of nitrogens with zero attached hydrogens (tertiary/aromatic N) is 3. The highest BCUT2D eigenvalue weighted by atomic mass is 35.5. The second-order valence-corrected chi connectivity index (χ2v) is 8.56. The topological polar surface area (TPSA) is 38.9 Å². The summed E-state index contributed by atoms with van der Waals surface area (Å²) in [6, 6.07) is 15.6. The van der Waals surface area contributed by atoms with Crippen molar-refractivity contribution in [3.8, 4) is 0 Å². The van der Waals surface area contributed by atoms with Crippen molar-refractivity contribution in [1.29, 1.82) is 0 Å². The zero-order valence-corrected chi connectivity index (χ0v) is 17.7. The van der Waals surface area contributed by atoms with Crippen LogP contribution in [0, 0.1) is 0 Å². The van der Waals surface area contributed by atoms with Gasteiger partial charge in [0.2, 0.25) is 0 Å². The predicted octanol–water partition coefficient (Wildman–Crippen LogP) is 6.55. The average Bonchev–Trinajstić information content (AvgIpc) is 3.27. The first kappa shape index (κ1) is 19.3. The summed E-state index contributed by atoms with van der Waals surface area (Å²) in [5, 5.41) is 8.21. The zero-order chi connectivity index (χ0) is 19.3. The van der Waals surface area contributed by atoms with Gasteiger partial charge in [-0.2, -0.15) is 0 Å². The van der Waals surface area contributed by atoms with Crippen molar-refractivity contribution in [2.24, 2.45) is 5.16 Å². The predicted molar refractivity (Wildman–Crippen MR) is 118 cm³/mol. The molecule has 2 aromatic carbocycles. The minimum absolute atomic E-state index is 0.268. The van der Waals surface area contributed by atoms with Crippen molar-refractivity contribution in [3.63, 3.8) is 0 Å². The van der Waals surface area contributed by atoms with Gasteiger partial charge in [-0.15, -0.1) is 11.3 Å². The molecule has 0 bridgehead atoms. The smallest absolute Gasteiger partial charge is 0.195 e. The van der Waals surface area contributed by atoms with Crippen molar-refractivity contribution < 1.29 is 4.84 Å². The van der Waals surface area contributed by atoms with Crippen LogP contribution in [0.25, 0.3) is 4.96 Å². The number of oxime groups is 1. The highest BCUT2D eigenvalue weighted by Crippen LogP contribution is 2.28. The standard InChI is InChI=1S/C20H15Cl2N3OS2/c21-16-7-6-15(17(22)10-16)12-26-23-11-18-19(24-20-25(18)8-9-27-20)28-13-14-4-2-1-3-5-14/h1-11H,12-13H2/b23-11+. The fourth-order valence-corrected chi connectivity index (χ4v) is 4.75. The lowest BCUT2D eigenvalue weighted by Gasteiger charge is -2.03. The van der Waals surface area contributed by atoms with Crippen LogP contribution < -0.4 is 0 Å². The van der Waals surface area contributed by atoms with Crippen LogP contribution >= 0.6 is 46.3 Å². The number of rotatable bonds is 7. The van der Waals surface area contributed by atoms with Crippen LogP contribution in [0.15, 0.2) is 70.3 Å². The van der Waals surface area contributed by atoms with E-state index in [0.29, 0.717) is 10.0 Å². The fraction of sp³-hybridized carbons (Fsp3) is 0.100. The lowest BCUT2D eigenvalue weighted by molar-refractivity contribution is 0.132. The molecule has 4 rings (SSSR count). The first-order valence-corrected chi connectivity index (χ1v) is 11.0. The molecule has 0 spiro atoms. The van der Waals surface area contributed by atoms with Gasteiger partial charge in [0.15, 0.2) is 4.96 Å². The van der Waals surface area contributed by atoms with E-state index >= 15 is 0 Å². The molecule has 0 saturated carbocycles. The third kappa shape index (κ3) is 4.52. The summed E-state index contributed by atoms with van der Waals surface area (Å²) in [5.74, 6) is 0.841. The minimum Gasteiger partial charge on any atom is -0.391 e. The number of fused-ring (bicyclic) bond motifs is 1. The van der Waals surface area contributed by atoms with E-state index in [2.05, 4.69) is 17.3 Å². The molecule has 0 fully saturated rings. The van der Waals surface area contributed by atoms with Gasteiger partial charge in [-0.1, -0.05) is 76.5 Å². The molecule has 0 unspecified atom stereocenters. The van der Waals surface area contributed by atoms with Gasteiger partial charge in [0.1, 0.15) is 17.3 Å². The molecular weight excluding hydrogens is 433 g/mol. The molecule has 2 heterocycles. The molecular formula is C20H15Cl2N3OS2. The number of halogens is 2. The Hall–Kier alpha value is -1.99. The first-order chi connectivity index (χ1) is 13.7. The molecule has 28 heavy (non-hydrogen) atoms. The number of hydrogen-bond donors (Lipinski definition) is 0. The highest BCUT2D eigenvalue weighted by Gasteiger charge is 2.12. The molecule has 2 aromatic heterocycles. The fourth-order valence-electron chi connectivity index (χ4n) is 2.57. The van der Waals surface area contributed by atoms with Gasteiger partial charge in [-0.3, -0.25) is 4.40 Å². The van der Waals surface area contributed by atoms with E-state index < -0.39 is 0 Å². The molecule has 142 valence electrons. The lowest BCUT2D eigenvalue weighted by Crippen LogP contribution is -1.93. The Balaban J connectivity index is 1.47. The summed E-state index contributed by atoms with van der Waals surface area (Å²) in [4.78, 5) is 11.1. The molecule has 0 aliphatic heterocycles. The van der Waals surface area contributed by atoms with Crippen molar-refractivity contribution in [3.05, 3.63) is 87.0 Å². The maximum absolute atomic E-state index is 6.16. The maximum Gasteiger partial charge on any atom is 0.195 e. The Labute approximate surface area is 180 Å². The number of imidazole rings is 1. The molecule has 0 aliphatic rings. The first-order valence-electron chi connectivity index (χ1n) is 8.42. The molecule has 4 nitrogen and oxygen atoms in total. The third-order valence-corrected chi connectivity index (χ3v) is 6.36. The van der Waals surface area contributed by atoms with Gasteiger partial charge in [-0.25, -0.2) is 4.98 Å². The Kier molecular flexibility index (Phi) is 6.22. The van der Waals surface area contributed by atoms with Gasteiger partial charge >= 0.3 is 0 Å². The van der Waals surface area contributed by atoms with Gasteiger partial charge in [0, 0.05) is 32.9 Å². The van der Waals surface area contributed by atoms with E-state index in [1.54, 1.807) is 41.4 Å². The Morgan fingerprint density at radius 1 is 1.18 bits per heavy atom. The normalized spacial score (nSPS) is 11.5. The molecule has 0 atom stereocenters. The molecule has 8 heteroatoms. The van der Waals surface area contributed by atoms with Gasteiger partial charge in [0.25, 0.3) is 0 Å². The summed E-state index contributed by atoms with van der Waals surface area (Å²) in [7, 11) is 0. The van der Waals surface area contributed by atoms with E-state index in [9.17, 15) is 0 Å². The lowest BCUT2D eigenvalue weighted by atomic mass is 10.2. The van der Waals surface area contributed by atoms with Crippen molar-refractivity contribution in [2.45, 2.75) is 17.4 Å². The van der Waals surface area contributed by atoms with Crippen LogP contribution in [0.2, 0.25) is 10.0 Å². The monoisotopic (exact) mass is 447 g/mol. The van der Waals surface area contributed by atoms with E-state index in [-0.39, 0.29) is 6.61 Å². The van der Waals surface area contributed by atoms with Crippen LogP contribution in [0.4, 0.5) is 0 Å². The average molecular weight is 448 g/mol. The Bertz CT molecular complexity index is 1110. The number of benzene rings is 2. The van der Waals surface area contributed by atoms with Crippen LogP contribution in [0.1, 0.15) is 16.8 Å². The number of aromatic nitrogens is 2. The van der Waals surface area contributed by atoms with E-state index in [4.69, 9.17) is 33.0 Å². The number of hydrogen-bond acceptors (Lipinski definition) is 5. The third-order valence-electron chi connectivity index (χ3n) is 3.97. The van der Waals surface area contributed by atoms with Crippen molar-refractivity contribution >= 4 is 57.5 Å². The van der Waals surface area contributed by atoms with E-state index in [0.717, 1.165) is 27.0 Å². The van der Waals surface area contributed by atoms with E-state index in [1.807, 2.05) is 40.2 Å². The van der Waals surface area contributed by atoms with Crippen LogP contribution in [-0.2, 0) is 17.2 Å². The molecule has 4 aromatic rings. The summed E-state index contributed by atoms with van der Waals surface area (Å²) >= 11 is 15.4. The minimum atomic E-state index is 0.268. The largest absolute Gasteiger partial charge is 0.391 e. The van der Waals surface area contributed by atoms with Gasteiger partial charge in [-0.05, 0) is 17.7 Å². The highest BCUT2D eigenvalue weighted by molar-refractivity contribution is 7.98. The molecule has 0 amide bonds. The maximum atomic E-state index is 6.16. The molecule has 0 aliphatic carbocycles. The second kappa shape index (κ2) is 9.01. The van der Waals surface area contributed by atoms with Crippen LogP contribution in [-0.4, -0.2) is 15.6 Å². The van der Waals surface area contributed by atoms with Gasteiger partial charge in [0.05, 0.1) is 6.21 Å². The number of thiazole rings is 1. The Morgan fingerprint density at radius 2 is 2.04 bits per heavy atom. The SMILES string of the molecule is Clc1ccc(CO/N=C/c2c(SCc3ccccc3)nc3sccn23)c(Cl)c1. The van der Waals surface area contributed by atoms with Gasteiger partial charge < -0.3 is 4.84 Å².